The highest BCUT2D eigenvalue weighted by Gasteiger charge is 2.23. The van der Waals surface area contributed by atoms with Crippen molar-refractivity contribution in [1.82, 2.24) is 5.32 Å². The molecule has 260 valence electrons. The molecule has 0 spiro atoms. The van der Waals surface area contributed by atoms with Gasteiger partial charge in [0.05, 0.1) is 72.4 Å². The highest BCUT2D eigenvalue weighted by molar-refractivity contribution is 6.00. The largest absolute Gasteiger partial charge is 0.491 e. The molecular weight excluding hydrogens is 620 g/mol. The third-order valence-corrected chi connectivity index (χ3v) is 6.80. The predicted octanol–water partition coefficient (Wildman–Crippen LogP) is 6.39. The van der Waals surface area contributed by atoms with Crippen LogP contribution in [0.4, 0.5) is 4.79 Å². The van der Waals surface area contributed by atoms with E-state index in [2.05, 4.69) is 15.3 Å². The Morgan fingerprint density at radius 2 is 1.38 bits per heavy atom. The maximum Gasteiger partial charge on any atom is 0.408 e. The number of fused-ring (bicyclic) bond motifs is 1. The second kappa shape index (κ2) is 20.8. The van der Waals surface area contributed by atoms with E-state index >= 15 is 0 Å². The number of nitrogens with one attached hydrogen (secondary N) is 1. The molecule has 48 heavy (non-hydrogen) atoms. The molecule has 1 amide bonds. The lowest BCUT2D eigenvalue weighted by Gasteiger charge is -2.23. The summed E-state index contributed by atoms with van der Waals surface area (Å²) < 4.78 is 38.2. The minimum absolute atomic E-state index is 0.0319. The summed E-state index contributed by atoms with van der Waals surface area (Å²) in [5.41, 5.74) is 10.3. The van der Waals surface area contributed by atoms with Crippen molar-refractivity contribution in [3.8, 4) is 16.9 Å². The molecule has 0 saturated heterocycles. The molecule has 0 fully saturated rings. The van der Waals surface area contributed by atoms with Gasteiger partial charge in [0.15, 0.2) is 0 Å². The number of ether oxygens (including phenoxy) is 7. The van der Waals surface area contributed by atoms with Crippen LogP contribution in [0.3, 0.4) is 0 Å². The standard InChI is InChI=1S/C35H46N4O9/c1-35(2,3)48-34(41)38-31(25-33(40)42-4)27-11-9-26(10-12-27)28-13-14-32(30-8-6-5-7-29(28)30)47-24-23-46-22-21-45-20-19-44-18-17-43-16-15-37-39-36/h5-14,31H,15-25H2,1-4H3,(H,38,41)/t31-/m0/s1. The van der Waals surface area contributed by atoms with Crippen molar-refractivity contribution in [2.45, 2.75) is 38.8 Å². The molecule has 1 N–H and O–H groups in total. The summed E-state index contributed by atoms with van der Waals surface area (Å²) in [4.78, 5) is 27.2. The van der Waals surface area contributed by atoms with Gasteiger partial charge in [-0.05, 0) is 54.4 Å². The van der Waals surface area contributed by atoms with Gasteiger partial charge >= 0.3 is 12.1 Å². The summed E-state index contributed by atoms with van der Waals surface area (Å²) in [5.74, 6) is 0.311. The topological polar surface area (TPSA) is 160 Å². The highest BCUT2D eigenvalue weighted by Crippen LogP contribution is 2.35. The minimum Gasteiger partial charge on any atom is -0.491 e. The van der Waals surface area contributed by atoms with Gasteiger partial charge < -0.3 is 38.5 Å². The monoisotopic (exact) mass is 666 g/mol. The van der Waals surface area contributed by atoms with E-state index in [0.717, 1.165) is 33.2 Å². The van der Waals surface area contributed by atoms with Crippen LogP contribution in [0.2, 0.25) is 0 Å². The fraction of sp³-hybridized carbons (Fsp3) is 0.486. The van der Waals surface area contributed by atoms with Crippen LogP contribution in [0, 0.1) is 0 Å². The second-order valence-electron chi connectivity index (χ2n) is 11.5. The molecule has 0 aliphatic heterocycles. The van der Waals surface area contributed by atoms with Crippen LogP contribution in [0.25, 0.3) is 32.3 Å². The van der Waals surface area contributed by atoms with E-state index in [1.807, 2.05) is 60.7 Å². The number of carbonyl (C=O) groups excluding carboxylic acids is 2. The van der Waals surface area contributed by atoms with Crippen LogP contribution in [0.15, 0.2) is 65.8 Å². The van der Waals surface area contributed by atoms with E-state index < -0.39 is 23.7 Å². The first-order valence-corrected chi connectivity index (χ1v) is 15.8. The van der Waals surface area contributed by atoms with Crippen molar-refractivity contribution < 1.29 is 42.7 Å². The molecule has 3 aromatic rings. The Kier molecular flexibility index (Phi) is 16.5. The van der Waals surface area contributed by atoms with Crippen LogP contribution in [-0.4, -0.2) is 90.8 Å². The molecule has 0 radical (unpaired) electrons. The van der Waals surface area contributed by atoms with Gasteiger partial charge in [0.1, 0.15) is 18.0 Å². The Balaban J connectivity index is 1.48. The zero-order valence-corrected chi connectivity index (χ0v) is 28.1. The predicted molar refractivity (Wildman–Crippen MR) is 181 cm³/mol. The van der Waals surface area contributed by atoms with Crippen LogP contribution in [-0.2, 0) is 33.2 Å². The number of hydrogen-bond donors (Lipinski definition) is 1. The third-order valence-electron chi connectivity index (χ3n) is 6.80. The fourth-order valence-electron chi connectivity index (χ4n) is 4.62. The molecule has 0 aliphatic rings. The number of hydrogen-bond acceptors (Lipinski definition) is 10. The molecule has 0 heterocycles. The fourth-order valence-corrected chi connectivity index (χ4v) is 4.62. The summed E-state index contributed by atoms with van der Waals surface area (Å²) in [6, 6.07) is 19.1. The number of benzene rings is 3. The number of nitrogens with zero attached hydrogens (tertiary/aromatic N) is 3. The van der Waals surface area contributed by atoms with Crippen molar-refractivity contribution in [1.29, 1.82) is 0 Å². The lowest BCUT2D eigenvalue weighted by atomic mass is 9.95. The Labute approximate surface area is 281 Å². The van der Waals surface area contributed by atoms with Crippen LogP contribution >= 0.6 is 0 Å². The summed E-state index contributed by atoms with van der Waals surface area (Å²) in [7, 11) is 1.32. The van der Waals surface area contributed by atoms with Crippen molar-refractivity contribution in [3.63, 3.8) is 0 Å². The zero-order valence-electron chi connectivity index (χ0n) is 28.1. The van der Waals surface area contributed by atoms with Crippen LogP contribution < -0.4 is 10.1 Å². The molecule has 3 rings (SSSR count). The molecule has 13 nitrogen and oxygen atoms in total. The maximum atomic E-state index is 12.5. The minimum atomic E-state index is -0.672. The van der Waals surface area contributed by atoms with Gasteiger partial charge in [0.25, 0.3) is 0 Å². The Morgan fingerprint density at radius 3 is 1.96 bits per heavy atom. The van der Waals surface area contributed by atoms with Crippen molar-refractivity contribution in [2.24, 2.45) is 5.11 Å². The van der Waals surface area contributed by atoms with E-state index in [1.54, 1.807) is 20.8 Å². The normalized spacial score (nSPS) is 11.8. The third kappa shape index (κ3) is 13.8. The van der Waals surface area contributed by atoms with Gasteiger partial charge in [-0.15, -0.1) is 0 Å². The number of amides is 1. The zero-order chi connectivity index (χ0) is 34.6. The second-order valence-corrected chi connectivity index (χ2v) is 11.5. The molecule has 0 saturated carbocycles. The first kappa shape index (κ1) is 38.1. The molecule has 1 atom stereocenters. The van der Waals surface area contributed by atoms with E-state index in [-0.39, 0.29) is 6.42 Å². The Morgan fingerprint density at radius 1 is 0.792 bits per heavy atom. The quantitative estimate of drug-likeness (QED) is 0.0447. The molecule has 0 bridgehead atoms. The molecule has 0 unspecified atom stereocenters. The lowest BCUT2D eigenvalue weighted by Crippen LogP contribution is -2.35. The van der Waals surface area contributed by atoms with Gasteiger partial charge in [0.2, 0.25) is 0 Å². The van der Waals surface area contributed by atoms with Crippen LogP contribution in [0.1, 0.15) is 38.8 Å². The highest BCUT2D eigenvalue weighted by atomic mass is 16.6. The molecule has 3 aromatic carbocycles. The van der Waals surface area contributed by atoms with Gasteiger partial charge in [-0.25, -0.2) is 4.79 Å². The molecular formula is C35H46N4O9. The summed E-state index contributed by atoms with van der Waals surface area (Å²) in [6.45, 7) is 9.50. The van der Waals surface area contributed by atoms with Gasteiger partial charge in [-0.1, -0.05) is 59.7 Å². The van der Waals surface area contributed by atoms with E-state index in [4.69, 9.17) is 38.7 Å². The van der Waals surface area contributed by atoms with Crippen molar-refractivity contribution in [2.75, 3.05) is 73.1 Å². The maximum absolute atomic E-state index is 12.5. The summed E-state index contributed by atoms with van der Waals surface area (Å²) >= 11 is 0. The SMILES string of the molecule is COC(=O)C[C@H](NC(=O)OC(C)(C)C)c1ccc(-c2ccc(OCCOCCOCCOCCOCCN=[N+]=[N-])c3ccccc23)cc1. The molecule has 0 aromatic heterocycles. The van der Waals surface area contributed by atoms with Crippen molar-refractivity contribution in [3.05, 3.63) is 76.7 Å². The summed E-state index contributed by atoms with van der Waals surface area (Å²) in [6.07, 6.45) is -0.641. The Hall–Kier alpha value is -4.39. The first-order chi connectivity index (χ1) is 23.2. The number of alkyl carbamates (subject to hydrolysis) is 1. The van der Waals surface area contributed by atoms with Gasteiger partial charge in [-0.3, -0.25) is 4.79 Å². The number of carbonyl (C=O) groups is 2. The van der Waals surface area contributed by atoms with E-state index in [9.17, 15) is 9.59 Å². The van der Waals surface area contributed by atoms with Gasteiger partial charge in [0, 0.05) is 16.8 Å². The molecule has 0 aliphatic carbocycles. The lowest BCUT2D eigenvalue weighted by molar-refractivity contribution is -0.141. The number of azide groups is 1. The van der Waals surface area contributed by atoms with Gasteiger partial charge in [-0.2, -0.15) is 0 Å². The average molecular weight is 667 g/mol. The van der Waals surface area contributed by atoms with Crippen LogP contribution in [0.5, 0.6) is 5.75 Å². The molecule has 13 heteroatoms. The van der Waals surface area contributed by atoms with E-state index in [1.165, 1.54) is 7.11 Å². The number of esters is 1. The Bertz CT molecular complexity index is 1470. The first-order valence-electron chi connectivity index (χ1n) is 15.8. The van der Waals surface area contributed by atoms with E-state index in [0.29, 0.717) is 66.0 Å². The summed E-state index contributed by atoms with van der Waals surface area (Å²) in [5, 5.41) is 8.18. The number of methoxy groups -OCH3 is 1. The van der Waals surface area contributed by atoms with Crippen molar-refractivity contribution >= 4 is 22.8 Å². The smallest absolute Gasteiger partial charge is 0.408 e. The number of rotatable bonds is 21. The average Bonchev–Trinajstić information content (AvgIpc) is 3.07.